The van der Waals surface area contributed by atoms with Gasteiger partial charge in [-0.25, -0.2) is 0 Å². The fourth-order valence-corrected chi connectivity index (χ4v) is 1.34. The molecule has 0 unspecified atom stereocenters. The van der Waals surface area contributed by atoms with E-state index in [0.717, 1.165) is 32.6 Å². The van der Waals surface area contributed by atoms with Gasteiger partial charge in [-0.3, -0.25) is 4.79 Å². The van der Waals surface area contributed by atoms with Gasteiger partial charge in [-0.15, -0.1) is 0 Å². The van der Waals surface area contributed by atoms with E-state index in [-0.39, 0.29) is 5.91 Å². The normalized spacial score (nSPS) is 10.7. The Bertz CT molecular complexity index is 162. The Labute approximate surface area is 93.4 Å². The van der Waals surface area contributed by atoms with Crippen molar-refractivity contribution in [1.82, 2.24) is 15.5 Å². The van der Waals surface area contributed by atoms with Gasteiger partial charge < -0.3 is 15.5 Å². The van der Waals surface area contributed by atoms with E-state index >= 15 is 0 Å². The molecule has 0 aliphatic rings. The van der Waals surface area contributed by atoms with Gasteiger partial charge in [-0.1, -0.05) is 6.92 Å². The Morgan fingerprint density at radius 1 is 1.20 bits per heavy atom. The zero-order valence-electron chi connectivity index (χ0n) is 10.3. The van der Waals surface area contributed by atoms with Crippen LogP contribution < -0.4 is 10.6 Å². The van der Waals surface area contributed by atoms with Crippen LogP contribution in [0.1, 0.15) is 26.2 Å². The minimum atomic E-state index is 0.146. The third kappa shape index (κ3) is 9.69. The topological polar surface area (TPSA) is 44.4 Å². The first-order chi connectivity index (χ1) is 7.20. The lowest BCUT2D eigenvalue weighted by molar-refractivity contribution is -0.120. The van der Waals surface area contributed by atoms with Crippen molar-refractivity contribution >= 4 is 5.91 Å². The second-order valence-electron chi connectivity index (χ2n) is 3.82. The summed E-state index contributed by atoms with van der Waals surface area (Å²) in [5.41, 5.74) is 0. The monoisotopic (exact) mass is 215 g/mol. The van der Waals surface area contributed by atoms with Gasteiger partial charge in [0.05, 0.1) is 0 Å². The Morgan fingerprint density at radius 2 is 1.80 bits per heavy atom. The molecule has 1 amide bonds. The van der Waals surface area contributed by atoms with Crippen LogP contribution in [0.3, 0.4) is 0 Å². The van der Waals surface area contributed by atoms with Gasteiger partial charge in [0.2, 0.25) is 5.91 Å². The standard InChI is InChI=1S/C11H25N3O/c1-4-11(15)13-8-6-10-14(3)9-5-7-12-2/h12H,4-10H2,1-3H3,(H,13,15). The van der Waals surface area contributed by atoms with Gasteiger partial charge in [0.15, 0.2) is 0 Å². The second-order valence-corrected chi connectivity index (χ2v) is 3.82. The van der Waals surface area contributed by atoms with E-state index in [9.17, 15) is 4.79 Å². The van der Waals surface area contributed by atoms with Crippen LogP contribution in [0.25, 0.3) is 0 Å². The fraction of sp³-hybridized carbons (Fsp3) is 0.909. The third-order valence-electron chi connectivity index (χ3n) is 2.33. The summed E-state index contributed by atoms with van der Waals surface area (Å²) in [6.45, 7) is 5.90. The van der Waals surface area contributed by atoms with Crippen LogP contribution in [-0.2, 0) is 4.79 Å². The molecule has 0 aromatic rings. The van der Waals surface area contributed by atoms with Gasteiger partial charge in [-0.2, -0.15) is 0 Å². The molecule has 0 heterocycles. The highest BCUT2D eigenvalue weighted by molar-refractivity contribution is 5.75. The molecule has 0 bridgehead atoms. The zero-order valence-corrected chi connectivity index (χ0v) is 10.3. The maximum Gasteiger partial charge on any atom is 0.219 e. The van der Waals surface area contributed by atoms with E-state index in [1.54, 1.807) is 0 Å². The summed E-state index contributed by atoms with van der Waals surface area (Å²) in [6.07, 6.45) is 2.79. The Morgan fingerprint density at radius 3 is 2.33 bits per heavy atom. The van der Waals surface area contributed by atoms with Crippen molar-refractivity contribution in [1.29, 1.82) is 0 Å². The molecule has 0 radical (unpaired) electrons. The molecule has 4 nitrogen and oxygen atoms in total. The average Bonchev–Trinajstić information content (AvgIpc) is 2.24. The molecule has 0 fully saturated rings. The van der Waals surface area contributed by atoms with Crippen LogP contribution in [0.5, 0.6) is 0 Å². The molecule has 0 aliphatic carbocycles. The molecule has 0 spiro atoms. The molecule has 0 atom stereocenters. The van der Waals surface area contributed by atoms with Crippen LogP contribution in [0.2, 0.25) is 0 Å². The van der Waals surface area contributed by atoms with Gasteiger partial charge in [0.1, 0.15) is 0 Å². The molecular formula is C11H25N3O. The van der Waals surface area contributed by atoms with E-state index < -0.39 is 0 Å². The van der Waals surface area contributed by atoms with Gasteiger partial charge in [0, 0.05) is 13.0 Å². The lowest BCUT2D eigenvalue weighted by Crippen LogP contribution is -2.28. The SMILES string of the molecule is CCC(=O)NCCCN(C)CCCNC. The quantitative estimate of drug-likeness (QED) is 0.549. The number of hydrogen-bond donors (Lipinski definition) is 2. The number of nitrogens with zero attached hydrogens (tertiary/aromatic N) is 1. The second kappa shape index (κ2) is 9.93. The summed E-state index contributed by atoms with van der Waals surface area (Å²) >= 11 is 0. The van der Waals surface area contributed by atoms with Gasteiger partial charge >= 0.3 is 0 Å². The maximum absolute atomic E-state index is 10.9. The molecule has 0 aliphatic heterocycles. The first kappa shape index (κ1) is 14.4. The summed E-state index contributed by atoms with van der Waals surface area (Å²) in [7, 11) is 4.09. The molecule has 2 N–H and O–H groups in total. The molecule has 15 heavy (non-hydrogen) atoms. The number of nitrogens with one attached hydrogen (secondary N) is 2. The Hall–Kier alpha value is -0.610. The van der Waals surface area contributed by atoms with E-state index in [0.29, 0.717) is 6.42 Å². The van der Waals surface area contributed by atoms with Crippen LogP contribution >= 0.6 is 0 Å². The lowest BCUT2D eigenvalue weighted by atomic mass is 10.3. The highest BCUT2D eigenvalue weighted by atomic mass is 16.1. The largest absolute Gasteiger partial charge is 0.356 e. The smallest absolute Gasteiger partial charge is 0.219 e. The Kier molecular flexibility index (Phi) is 9.52. The van der Waals surface area contributed by atoms with Crippen LogP contribution in [0.4, 0.5) is 0 Å². The van der Waals surface area contributed by atoms with Crippen molar-refractivity contribution in [2.45, 2.75) is 26.2 Å². The predicted octanol–water partition coefficient (Wildman–Crippen LogP) is 0.444. The summed E-state index contributed by atoms with van der Waals surface area (Å²) in [4.78, 5) is 13.2. The zero-order chi connectivity index (χ0) is 11.5. The van der Waals surface area contributed by atoms with Crippen molar-refractivity contribution in [2.24, 2.45) is 0 Å². The number of rotatable bonds is 9. The average molecular weight is 215 g/mol. The van der Waals surface area contributed by atoms with Crippen molar-refractivity contribution in [3.63, 3.8) is 0 Å². The molecule has 0 aromatic heterocycles. The van der Waals surface area contributed by atoms with E-state index in [1.165, 1.54) is 6.42 Å². The first-order valence-corrected chi connectivity index (χ1v) is 5.80. The molecule has 0 rings (SSSR count). The van der Waals surface area contributed by atoms with Crippen molar-refractivity contribution in [3.05, 3.63) is 0 Å². The summed E-state index contributed by atoms with van der Waals surface area (Å²) in [5.74, 6) is 0.146. The highest BCUT2D eigenvalue weighted by Crippen LogP contribution is 1.89. The molecule has 4 heteroatoms. The molecular weight excluding hydrogens is 190 g/mol. The van der Waals surface area contributed by atoms with Crippen LogP contribution in [0, 0.1) is 0 Å². The lowest BCUT2D eigenvalue weighted by Gasteiger charge is -2.16. The van der Waals surface area contributed by atoms with Gasteiger partial charge in [0.25, 0.3) is 0 Å². The minimum absolute atomic E-state index is 0.146. The van der Waals surface area contributed by atoms with Crippen LogP contribution in [0.15, 0.2) is 0 Å². The molecule has 90 valence electrons. The van der Waals surface area contributed by atoms with E-state index in [2.05, 4.69) is 22.6 Å². The van der Waals surface area contributed by atoms with E-state index in [1.807, 2.05) is 14.0 Å². The van der Waals surface area contributed by atoms with E-state index in [4.69, 9.17) is 0 Å². The fourth-order valence-electron chi connectivity index (χ4n) is 1.34. The van der Waals surface area contributed by atoms with Crippen molar-refractivity contribution < 1.29 is 4.79 Å². The summed E-state index contributed by atoms with van der Waals surface area (Å²) < 4.78 is 0. The molecule has 0 aromatic carbocycles. The first-order valence-electron chi connectivity index (χ1n) is 5.80. The van der Waals surface area contributed by atoms with Crippen molar-refractivity contribution in [2.75, 3.05) is 40.3 Å². The number of amides is 1. The molecule has 0 saturated heterocycles. The van der Waals surface area contributed by atoms with Crippen LogP contribution in [-0.4, -0.2) is 51.1 Å². The maximum atomic E-state index is 10.9. The third-order valence-corrected chi connectivity index (χ3v) is 2.33. The van der Waals surface area contributed by atoms with Gasteiger partial charge in [-0.05, 0) is 46.6 Å². The Balaban J connectivity index is 3.23. The number of carbonyl (C=O) groups excluding carboxylic acids is 1. The number of carbonyl (C=O) groups is 1. The number of hydrogen-bond acceptors (Lipinski definition) is 3. The van der Waals surface area contributed by atoms with Crippen molar-refractivity contribution in [3.8, 4) is 0 Å². The predicted molar refractivity (Wildman–Crippen MR) is 64.0 cm³/mol. The minimum Gasteiger partial charge on any atom is -0.356 e. The summed E-state index contributed by atoms with van der Waals surface area (Å²) in [6, 6.07) is 0. The molecule has 0 saturated carbocycles. The summed E-state index contributed by atoms with van der Waals surface area (Å²) in [5, 5.41) is 6.01. The highest BCUT2D eigenvalue weighted by Gasteiger charge is 1.99.